The number of rotatable bonds is 6. The van der Waals surface area contributed by atoms with Gasteiger partial charge in [0.05, 0.1) is 17.6 Å². The molecule has 1 aliphatic heterocycles. The van der Waals surface area contributed by atoms with E-state index in [1.807, 2.05) is 0 Å². The molecular weight excluding hydrogens is 420 g/mol. The van der Waals surface area contributed by atoms with Crippen molar-refractivity contribution in [3.05, 3.63) is 51.2 Å². The molecule has 0 aliphatic carbocycles. The molecule has 0 saturated heterocycles. The van der Waals surface area contributed by atoms with Gasteiger partial charge in [-0.15, -0.1) is 0 Å². The molecule has 0 aromatic heterocycles. The number of methoxy groups -OCH3 is 1. The third-order valence-corrected chi connectivity index (χ3v) is 4.58. The van der Waals surface area contributed by atoms with E-state index in [0.717, 1.165) is 0 Å². The Labute approximate surface area is 164 Å². The lowest BCUT2D eigenvalue weighted by Gasteiger charge is -2.31. The second-order valence-electron chi connectivity index (χ2n) is 5.91. The number of esters is 2. The molecule has 144 valence electrons. The van der Waals surface area contributed by atoms with Gasteiger partial charge in [-0.3, -0.25) is 19.9 Å². The summed E-state index contributed by atoms with van der Waals surface area (Å²) < 4.78 is 10.1. The largest absolute Gasteiger partial charge is 0.468 e. The van der Waals surface area contributed by atoms with Gasteiger partial charge in [0.1, 0.15) is 12.5 Å². The minimum absolute atomic E-state index is 0.137. The fourth-order valence-corrected chi connectivity index (χ4v) is 3.30. The molecule has 1 aromatic rings. The summed E-state index contributed by atoms with van der Waals surface area (Å²) in [6.07, 6.45) is 0. The molecular formula is C18H19BrN2O6. The van der Waals surface area contributed by atoms with Crippen molar-refractivity contribution in [3.8, 4) is 0 Å². The van der Waals surface area contributed by atoms with Gasteiger partial charge in [0.15, 0.2) is 0 Å². The van der Waals surface area contributed by atoms with Crippen molar-refractivity contribution < 1.29 is 24.0 Å². The molecule has 1 aromatic carbocycles. The van der Waals surface area contributed by atoms with Gasteiger partial charge in [0.2, 0.25) is 0 Å². The number of hydrogen-bond donors (Lipinski definition) is 0. The Morgan fingerprint density at radius 3 is 2.63 bits per heavy atom. The predicted octanol–water partition coefficient (Wildman–Crippen LogP) is 3.15. The fourth-order valence-electron chi connectivity index (χ4n) is 3.14. The van der Waals surface area contributed by atoms with E-state index in [1.54, 1.807) is 19.9 Å². The minimum Gasteiger partial charge on any atom is -0.468 e. The topological polar surface area (TPSA) is 108 Å². The molecule has 27 heavy (non-hydrogen) atoms. The summed E-state index contributed by atoms with van der Waals surface area (Å²) in [5, 5.41) is 11.6. The van der Waals surface area contributed by atoms with E-state index in [1.165, 1.54) is 25.3 Å². The summed E-state index contributed by atoms with van der Waals surface area (Å²) in [4.78, 5) is 40.1. The van der Waals surface area contributed by atoms with E-state index < -0.39 is 28.7 Å². The molecule has 1 aliphatic rings. The van der Waals surface area contributed by atoms with Crippen LogP contribution in [0.1, 0.15) is 25.3 Å². The van der Waals surface area contributed by atoms with Crippen LogP contribution in [0.15, 0.2) is 40.5 Å². The third-order valence-electron chi connectivity index (χ3n) is 4.25. The van der Waals surface area contributed by atoms with Crippen LogP contribution in [-0.4, -0.2) is 41.6 Å². The molecule has 2 rings (SSSR count). The van der Waals surface area contributed by atoms with Crippen LogP contribution in [0.4, 0.5) is 5.69 Å². The van der Waals surface area contributed by atoms with Gasteiger partial charge >= 0.3 is 11.9 Å². The van der Waals surface area contributed by atoms with Crippen molar-refractivity contribution in [1.82, 2.24) is 0 Å². The number of hydrogen-bond acceptors (Lipinski definition) is 7. The number of carbonyl (C=O) groups excluding carboxylic acids is 2. The Hall–Kier alpha value is -2.55. The van der Waals surface area contributed by atoms with Crippen LogP contribution in [0.25, 0.3) is 0 Å². The van der Waals surface area contributed by atoms with Crippen molar-refractivity contribution >= 4 is 39.3 Å². The summed E-state index contributed by atoms with van der Waals surface area (Å²) in [5.74, 6) is -2.87. The molecule has 1 heterocycles. The number of halogens is 1. The van der Waals surface area contributed by atoms with Crippen LogP contribution in [0, 0.1) is 16.0 Å². The zero-order chi connectivity index (χ0) is 20.1. The first kappa shape index (κ1) is 20.8. The molecule has 0 N–H and O–H groups in total. The molecule has 9 heteroatoms. The number of nitro benzene ring substituents is 1. The predicted molar refractivity (Wildman–Crippen MR) is 102 cm³/mol. The lowest BCUT2D eigenvalue weighted by molar-refractivity contribution is -0.384. The smallest absolute Gasteiger partial charge is 0.336 e. The van der Waals surface area contributed by atoms with Gasteiger partial charge in [0, 0.05) is 34.8 Å². The highest BCUT2D eigenvalue weighted by Crippen LogP contribution is 2.40. The number of nitro groups is 1. The van der Waals surface area contributed by atoms with E-state index >= 15 is 0 Å². The number of allylic oxidation sites excluding steroid dienone is 1. The van der Waals surface area contributed by atoms with Crippen molar-refractivity contribution in [2.75, 3.05) is 19.0 Å². The van der Waals surface area contributed by atoms with Gasteiger partial charge in [-0.25, -0.2) is 4.79 Å². The lowest BCUT2D eigenvalue weighted by Crippen LogP contribution is -2.36. The average molecular weight is 439 g/mol. The van der Waals surface area contributed by atoms with E-state index in [-0.39, 0.29) is 17.9 Å². The van der Waals surface area contributed by atoms with E-state index in [0.29, 0.717) is 22.3 Å². The Kier molecular flexibility index (Phi) is 6.84. The lowest BCUT2D eigenvalue weighted by atomic mass is 9.75. The number of benzene rings is 1. The molecule has 0 bridgehead atoms. The molecule has 0 fully saturated rings. The molecule has 2 unspecified atom stereocenters. The Morgan fingerprint density at radius 1 is 1.33 bits per heavy atom. The third kappa shape index (κ3) is 4.41. The normalized spacial score (nSPS) is 19.3. The summed E-state index contributed by atoms with van der Waals surface area (Å²) in [6, 6.07) is 5.85. The number of carbonyl (C=O) groups is 2. The standard InChI is InChI=1S/C18H19BrN2O6/c1-10-14(17(22)26-3)16(12-5-4-6-13(9-12)21(24)25)15(11(2)20-10)18(23)27-8-7-19/h4-6,9,14,16H,7-8H2,1-3H3. The number of aliphatic imine (C=N–C) groups is 1. The van der Waals surface area contributed by atoms with E-state index in [4.69, 9.17) is 9.47 Å². The number of ether oxygens (including phenoxy) is 2. The van der Waals surface area contributed by atoms with Crippen molar-refractivity contribution in [3.63, 3.8) is 0 Å². The summed E-state index contributed by atoms with van der Waals surface area (Å²) in [5.41, 5.74) is 1.37. The fraction of sp³-hybridized carbons (Fsp3) is 0.389. The highest BCUT2D eigenvalue weighted by molar-refractivity contribution is 9.09. The van der Waals surface area contributed by atoms with Gasteiger partial charge in [0.25, 0.3) is 5.69 Å². The monoisotopic (exact) mass is 438 g/mol. The molecule has 0 amide bonds. The van der Waals surface area contributed by atoms with Gasteiger partial charge in [-0.2, -0.15) is 0 Å². The maximum atomic E-state index is 12.7. The van der Waals surface area contributed by atoms with Gasteiger partial charge in [-0.1, -0.05) is 28.1 Å². The van der Waals surface area contributed by atoms with Crippen molar-refractivity contribution in [2.24, 2.45) is 10.9 Å². The second kappa shape index (κ2) is 8.90. The highest BCUT2D eigenvalue weighted by atomic mass is 79.9. The van der Waals surface area contributed by atoms with Crippen molar-refractivity contribution in [1.29, 1.82) is 0 Å². The van der Waals surface area contributed by atoms with Crippen molar-refractivity contribution in [2.45, 2.75) is 19.8 Å². The first-order chi connectivity index (χ1) is 12.8. The minimum atomic E-state index is -0.882. The van der Waals surface area contributed by atoms with Crippen LogP contribution in [0.3, 0.4) is 0 Å². The Balaban J connectivity index is 2.64. The first-order valence-corrected chi connectivity index (χ1v) is 9.25. The van der Waals surface area contributed by atoms with Gasteiger partial charge in [-0.05, 0) is 19.4 Å². The molecule has 8 nitrogen and oxygen atoms in total. The Morgan fingerprint density at radius 2 is 2.04 bits per heavy atom. The van der Waals surface area contributed by atoms with Crippen LogP contribution in [-0.2, 0) is 19.1 Å². The second-order valence-corrected chi connectivity index (χ2v) is 6.70. The summed E-state index contributed by atoms with van der Waals surface area (Å²) in [7, 11) is 1.24. The van der Waals surface area contributed by atoms with Crippen LogP contribution in [0.5, 0.6) is 0 Å². The first-order valence-electron chi connectivity index (χ1n) is 8.13. The van der Waals surface area contributed by atoms with Crippen LogP contribution >= 0.6 is 15.9 Å². The highest BCUT2D eigenvalue weighted by Gasteiger charge is 2.42. The quantitative estimate of drug-likeness (QED) is 0.292. The van der Waals surface area contributed by atoms with Crippen LogP contribution < -0.4 is 0 Å². The molecule has 0 spiro atoms. The molecule has 0 radical (unpaired) electrons. The maximum Gasteiger partial charge on any atom is 0.336 e. The zero-order valence-electron chi connectivity index (χ0n) is 15.1. The van der Waals surface area contributed by atoms with E-state index in [2.05, 4.69) is 20.9 Å². The number of alkyl halides is 1. The summed E-state index contributed by atoms with van der Waals surface area (Å²) in [6.45, 7) is 3.45. The number of non-ortho nitro benzene ring substituents is 1. The Bertz CT molecular complexity index is 833. The number of nitrogens with zero attached hydrogens (tertiary/aromatic N) is 2. The van der Waals surface area contributed by atoms with Gasteiger partial charge < -0.3 is 9.47 Å². The molecule has 0 saturated carbocycles. The van der Waals surface area contributed by atoms with Crippen LogP contribution in [0.2, 0.25) is 0 Å². The molecule has 2 atom stereocenters. The van der Waals surface area contributed by atoms with E-state index in [9.17, 15) is 19.7 Å². The average Bonchev–Trinajstić information content (AvgIpc) is 2.64. The SMILES string of the molecule is COC(=O)C1C(C)=NC(C)=C(C(=O)OCCBr)C1c1cccc([N+](=O)[O-])c1. The maximum absolute atomic E-state index is 12.7. The summed E-state index contributed by atoms with van der Waals surface area (Å²) >= 11 is 3.19. The zero-order valence-corrected chi connectivity index (χ0v) is 16.7.